The molecule has 190 valence electrons. The van der Waals surface area contributed by atoms with E-state index in [1.54, 1.807) is 0 Å². The zero-order valence-corrected chi connectivity index (χ0v) is 23.2. The van der Waals surface area contributed by atoms with Crippen molar-refractivity contribution in [2.45, 2.75) is 25.3 Å². The number of hydrogen-bond donors (Lipinski definition) is 1. The van der Waals surface area contributed by atoms with Gasteiger partial charge in [0.15, 0.2) is 0 Å². The van der Waals surface area contributed by atoms with E-state index in [2.05, 4.69) is 66.2 Å². The molecule has 3 aromatic rings. The fourth-order valence-corrected chi connectivity index (χ4v) is 6.18. The Morgan fingerprint density at radius 3 is 2.30 bits per heavy atom. The highest BCUT2D eigenvalue weighted by Crippen LogP contribution is 2.30. The van der Waals surface area contributed by atoms with Gasteiger partial charge in [-0.05, 0) is 28.8 Å². The van der Waals surface area contributed by atoms with Gasteiger partial charge in [-0.3, -0.25) is 4.79 Å². The molecule has 0 aliphatic carbocycles. The number of amides is 1. The standard InChI is InChI=1S/C30H32IN5O/c1-35(19-17-28-21-34-31-36(28)23-25-14-12-24(20-32)13-15-25)30(37)16-18-33-22-29(26-8-4-2-5-9-26)27-10-6-3-7-11-27/h2-15,21,29,33H,16-19,22-23H2,1H3. The smallest absolute Gasteiger partial charge is 0.223 e. The second kappa shape index (κ2) is 13.8. The first-order valence-corrected chi connectivity index (χ1v) is 14.4. The largest absolute Gasteiger partial charge is 0.345 e. The molecule has 0 radical (unpaired) electrons. The molecule has 6 nitrogen and oxygen atoms in total. The number of carbonyl (C=O) groups excluding carboxylic acids is 1. The van der Waals surface area contributed by atoms with E-state index in [9.17, 15) is 4.79 Å². The Balaban J connectivity index is 1.21. The van der Waals surface area contributed by atoms with Crippen molar-refractivity contribution < 1.29 is 4.79 Å². The van der Waals surface area contributed by atoms with Crippen LogP contribution in [0.5, 0.6) is 0 Å². The van der Waals surface area contributed by atoms with Crippen LogP contribution >= 0.6 is 21.3 Å². The predicted octanol–water partition coefficient (Wildman–Crippen LogP) is 5.94. The zero-order chi connectivity index (χ0) is 25.9. The average Bonchev–Trinajstić information content (AvgIpc) is 3.39. The Bertz CT molecular complexity index is 1210. The molecule has 0 aromatic heterocycles. The van der Waals surface area contributed by atoms with Crippen molar-refractivity contribution >= 4 is 27.2 Å². The van der Waals surface area contributed by atoms with E-state index in [1.807, 2.05) is 54.5 Å². The minimum Gasteiger partial charge on any atom is -0.345 e. The van der Waals surface area contributed by atoms with Crippen LogP contribution in [0.1, 0.15) is 41.0 Å². The van der Waals surface area contributed by atoms with Gasteiger partial charge in [0, 0.05) is 51.1 Å². The van der Waals surface area contributed by atoms with Crippen molar-refractivity contribution in [3.05, 3.63) is 119 Å². The lowest BCUT2D eigenvalue weighted by atomic mass is 9.91. The summed E-state index contributed by atoms with van der Waals surface area (Å²) in [6.07, 6.45) is 3.22. The number of hydrogen-bond acceptors (Lipinski definition) is 5. The molecule has 1 N–H and O–H groups in total. The lowest BCUT2D eigenvalue weighted by Crippen LogP contribution is -2.32. The molecular formula is C30H32IN5O. The quantitative estimate of drug-likeness (QED) is 0.158. The van der Waals surface area contributed by atoms with E-state index in [0.717, 1.165) is 19.5 Å². The van der Waals surface area contributed by atoms with Crippen LogP contribution in [-0.2, 0) is 11.3 Å². The molecule has 0 atom stereocenters. The van der Waals surface area contributed by atoms with Crippen molar-refractivity contribution in [1.29, 1.82) is 5.26 Å². The Labute approximate surface area is 230 Å². The van der Waals surface area contributed by atoms with Crippen LogP contribution < -0.4 is 5.32 Å². The van der Waals surface area contributed by atoms with Crippen molar-refractivity contribution in [1.82, 2.24) is 13.3 Å². The lowest BCUT2D eigenvalue weighted by Gasteiger charge is -2.22. The van der Waals surface area contributed by atoms with Crippen molar-refractivity contribution in [2.75, 3.05) is 26.7 Å². The van der Waals surface area contributed by atoms with Gasteiger partial charge < -0.3 is 13.3 Å². The summed E-state index contributed by atoms with van der Waals surface area (Å²) in [7, 11) is 1.88. The van der Waals surface area contributed by atoms with E-state index in [-0.39, 0.29) is 11.8 Å². The van der Waals surface area contributed by atoms with E-state index in [1.165, 1.54) is 22.4 Å². The molecule has 0 saturated carbocycles. The van der Waals surface area contributed by atoms with Gasteiger partial charge in [0.2, 0.25) is 5.91 Å². The van der Waals surface area contributed by atoms with Crippen LogP contribution in [0, 0.1) is 11.3 Å². The second-order valence-corrected chi connectivity index (χ2v) is 11.2. The zero-order valence-electron chi connectivity index (χ0n) is 21.1. The molecule has 0 fully saturated rings. The molecule has 7 heteroatoms. The average molecular weight is 606 g/mol. The predicted molar refractivity (Wildman–Crippen MR) is 156 cm³/mol. The molecule has 4 rings (SSSR count). The van der Waals surface area contributed by atoms with Crippen LogP contribution in [0.25, 0.3) is 0 Å². The van der Waals surface area contributed by atoms with Gasteiger partial charge in [-0.2, -0.15) is 5.26 Å². The number of nitriles is 1. The maximum atomic E-state index is 12.8. The van der Waals surface area contributed by atoms with E-state index in [0.29, 0.717) is 25.1 Å². The topological polar surface area (TPSA) is 71.7 Å². The molecule has 0 unspecified atom stereocenters. The van der Waals surface area contributed by atoms with Crippen LogP contribution in [0.4, 0.5) is 0 Å². The van der Waals surface area contributed by atoms with Gasteiger partial charge in [-0.1, -0.05) is 72.8 Å². The molecular weight excluding hydrogens is 573 g/mol. The molecule has 1 aliphatic rings. The van der Waals surface area contributed by atoms with Crippen LogP contribution in [0.2, 0.25) is 0 Å². The van der Waals surface area contributed by atoms with Gasteiger partial charge >= 0.3 is 0 Å². The summed E-state index contributed by atoms with van der Waals surface area (Å²) in [6.45, 7) is 2.89. The van der Waals surface area contributed by atoms with Gasteiger partial charge in [0.05, 0.1) is 24.4 Å². The first-order valence-electron chi connectivity index (χ1n) is 12.5. The Hall–Kier alpha value is -3.35. The number of benzene rings is 3. The first-order chi connectivity index (χ1) is 18.1. The number of rotatable bonds is 12. The third-order valence-electron chi connectivity index (χ3n) is 6.45. The lowest BCUT2D eigenvalue weighted by molar-refractivity contribution is -0.129. The van der Waals surface area contributed by atoms with Gasteiger partial charge in [0.25, 0.3) is 0 Å². The number of halogens is 1. The monoisotopic (exact) mass is 605 g/mol. The maximum absolute atomic E-state index is 12.8. The maximum Gasteiger partial charge on any atom is 0.223 e. The fraction of sp³-hybridized carbons (Fsp3) is 0.267. The minimum absolute atomic E-state index is 0.146. The van der Waals surface area contributed by atoms with Crippen molar-refractivity contribution in [3.8, 4) is 6.07 Å². The summed E-state index contributed by atoms with van der Waals surface area (Å²) in [5, 5.41) is 12.5. The van der Waals surface area contributed by atoms with E-state index < -0.39 is 21.3 Å². The highest BCUT2D eigenvalue weighted by molar-refractivity contribution is 14.1. The highest BCUT2D eigenvalue weighted by Gasteiger charge is 2.17. The summed E-state index contributed by atoms with van der Waals surface area (Å²) >= 11 is -0.420. The fourth-order valence-electron chi connectivity index (χ4n) is 4.24. The third kappa shape index (κ3) is 7.81. The van der Waals surface area contributed by atoms with Crippen molar-refractivity contribution in [3.63, 3.8) is 0 Å². The Morgan fingerprint density at radius 1 is 1.03 bits per heavy atom. The van der Waals surface area contributed by atoms with E-state index in [4.69, 9.17) is 5.26 Å². The van der Waals surface area contributed by atoms with Crippen molar-refractivity contribution in [2.24, 2.45) is 3.15 Å². The summed E-state index contributed by atoms with van der Waals surface area (Å²) in [6, 6.07) is 30.9. The van der Waals surface area contributed by atoms with Gasteiger partial charge in [-0.25, -0.2) is 3.15 Å². The van der Waals surface area contributed by atoms with Crippen LogP contribution in [0.3, 0.4) is 0 Å². The first kappa shape index (κ1) is 26.7. The summed E-state index contributed by atoms with van der Waals surface area (Å²) in [5.41, 5.74) is 5.57. The molecule has 3 aromatic carbocycles. The second-order valence-electron chi connectivity index (χ2n) is 9.02. The Kier molecular flexibility index (Phi) is 9.97. The van der Waals surface area contributed by atoms with Crippen LogP contribution in [0.15, 0.2) is 100.0 Å². The molecule has 1 heterocycles. The number of nitrogens with zero attached hydrogens (tertiary/aromatic N) is 4. The van der Waals surface area contributed by atoms with Crippen LogP contribution in [-0.4, -0.2) is 40.6 Å². The molecule has 1 amide bonds. The van der Waals surface area contributed by atoms with Gasteiger partial charge in [0.1, 0.15) is 21.3 Å². The highest BCUT2D eigenvalue weighted by atomic mass is 127. The normalized spacial score (nSPS) is 12.7. The number of carbonyl (C=O) groups is 1. The molecule has 0 bridgehead atoms. The third-order valence-corrected chi connectivity index (χ3v) is 8.46. The SMILES string of the molecule is CN(CCC1=CN=IN1Cc1ccc(C#N)cc1)C(=O)CCNCC(c1ccccc1)c1ccccc1. The Morgan fingerprint density at radius 2 is 1.68 bits per heavy atom. The summed E-state index contributed by atoms with van der Waals surface area (Å²) in [4.78, 5) is 14.6. The minimum atomic E-state index is -0.420. The molecule has 1 aliphatic heterocycles. The number of nitrogens with one attached hydrogen (secondary N) is 1. The molecule has 0 saturated heterocycles. The van der Waals surface area contributed by atoms with Gasteiger partial charge in [-0.15, -0.1) is 0 Å². The summed E-state index contributed by atoms with van der Waals surface area (Å²) in [5.74, 6) is 0.394. The summed E-state index contributed by atoms with van der Waals surface area (Å²) < 4.78 is 6.86. The van der Waals surface area contributed by atoms with E-state index >= 15 is 0 Å². The molecule has 0 spiro atoms. The molecule has 37 heavy (non-hydrogen) atoms.